The van der Waals surface area contributed by atoms with Crippen LogP contribution < -0.4 is 10.1 Å². The Morgan fingerprint density at radius 3 is 2.82 bits per heavy atom. The molecule has 2 aromatic carbocycles. The van der Waals surface area contributed by atoms with E-state index in [4.69, 9.17) is 4.74 Å². The first kappa shape index (κ1) is 18.2. The largest absolute Gasteiger partial charge is 0.482 e. The van der Waals surface area contributed by atoms with Crippen LogP contribution in [0.5, 0.6) is 5.75 Å². The van der Waals surface area contributed by atoms with Gasteiger partial charge in [-0.15, -0.1) is 10.2 Å². The number of nitrogens with one attached hydrogen (secondary N) is 1. The molecular formula is C20H18N4O3S. The van der Waals surface area contributed by atoms with Crippen LogP contribution in [-0.4, -0.2) is 38.8 Å². The molecule has 0 atom stereocenters. The normalized spacial score (nSPS) is 12.8. The Balaban J connectivity index is 1.49. The summed E-state index contributed by atoms with van der Waals surface area (Å²) in [6, 6.07) is 14.9. The van der Waals surface area contributed by atoms with E-state index >= 15 is 0 Å². The van der Waals surface area contributed by atoms with Crippen molar-refractivity contribution in [3.8, 4) is 17.1 Å². The number of ether oxygens (including phenoxy) is 1. The van der Waals surface area contributed by atoms with Crippen molar-refractivity contribution in [3.05, 3.63) is 54.1 Å². The number of carbonyl (C=O) groups excluding carboxylic acids is 2. The van der Waals surface area contributed by atoms with Gasteiger partial charge in [0.15, 0.2) is 23.4 Å². The summed E-state index contributed by atoms with van der Waals surface area (Å²) in [5.41, 5.74) is 2.03. The van der Waals surface area contributed by atoms with Crippen LogP contribution in [-0.2, 0) is 11.3 Å². The number of hydrogen-bond acceptors (Lipinski definition) is 6. The third-order valence-electron chi connectivity index (χ3n) is 4.33. The minimum Gasteiger partial charge on any atom is -0.482 e. The zero-order valence-electron chi connectivity index (χ0n) is 15.2. The van der Waals surface area contributed by atoms with Crippen molar-refractivity contribution in [2.24, 2.45) is 0 Å². The summed E-state index contributed by atoms with van der Waals surface area (Å²) in [7, 11) is 0. The SMILES string of the molecule is CCn1c(SCC(=O)c2ccc3c(c2)NC(=O)CO3)nnc1-c1ccccc1. The highest BCUT2D eigenvalue weighted by molar-refractivity contribution is 7.99. The Morgan fingerprint density at radius 1 is 1.21 bits per heavy atom. The van der Waals surface area contributed by atoms with Crippen molar-refractivity contribution in [1.82, 2.24) is 14.8 Å². The summed E-state index contributed by atoms with van der Waals surface area (Å²) in [6.07, 6.45) is 0. The fourth-order valence-electron chi connectivity index (χ4n) is 2.95. The van der Waals surface area contributed by atoms with Gasteiger partial charge in [-0.3, -0.25) is 9.59 Å². The third kappa shape index (κ3) is 3.63. The topological polar surface area (TPSA) is 86.1 Å². The maximum Gasteiger partial charge on any atom is 0.262 e. The lowest BCUT2D eigenvalue weighted by atomic mass is 10.1. The second kappa shape index (κ2) is 7.85. The van der Waals surface area contributed by atoms with Crippen LogP contribution >= 0.6 is 11.8 Å². The molecule has 3 aromatic rings. The van der Waals surface area contributed by atoms with E-state index in [0.717, 1.165) is 11.4 Å². The molecule has 8 heteroatoms. The van der Waals surface area contributed by atoms with Crippen LogP contribution in [0.3, 0.4) is 0 Å². The lowest BCUT2D eigenvalue weighted by Gasteiger charge is -2.18. The van der Waals surface area contributed by atoms with E-state index in [1.54, 1.807) is 18.2 Å². The second-order valence-electron chi connectivity index (χ2n) is 6.18. The van der Waals surface area contributed by atoms with E-state index in [-0.39, 0.29) is 24.1 Å². The van der Waals surface area contributed by atoms with Crippen molar-refractivity contribution in [2.75, 3.05) is 17.7 Å². The van der Waals surface area contributed by atoms with Gasteiger partial charge in [0.1, 0.15) is 5.75 Å². The Labute approximate surface area is 166 Å². The molecule has 142 valence electrons. The fraction of sp³-hybridized carbons (Fsp3) is 0.200. The van der Waals surface area contributed by atoms with Gasteiger partial charge < -0.3 is 14.6 Å². The van der Waals surface area contributed by atoms with Gasteiger partial charge in [-0.05, 0) is 25.1 Å². The Morgan fingerprint density at radius 2 is 2.04 bits per heavy atom. The van der Waals surface area contributed by atoms with E-state index in [9.17, 15) is 9.59 Å². The van der Waals surface area contributed by atoms with Crippen molar-refractivity contribution in [2.45, 2.75) is 18.6 Å². The molecule has 0 spiro atoms. The van der Waals surface area contributed by atoms with Crippen LogP contribution in [0.4, 0.5) is 5.69 Å². The van der Waals surface area contributed by atoms with E-state index in [0.29, 0.717) is 28.7 Å². The maximum absolute atomic E-state index is 12.6. The fourth-order valence-corrected chi connectivity index (χ4v) is 3.85. The highest BCUT2D eigenvalue weighted by Crippen LogP contribution is 2.30. The van der Waals surface area contributed by atoms with Crippen LogP contribution in [0.25, 0.3) is 11.4 Å². The number of aromatic nitrogens is 3. The summed E-state index contributed by atoms with van der Waals surface area (Å²) in [5, 5.41) is 12.0. The molecule has 7 nitrogen and oxygen atoms in total. The number of fused-ring (bicyclic) bond motifs is 1. The molecule has 0 unspecified atom stereocenters. The van der Waals surface area contributed by atoms with Crippen molar-refractivity contribution in [1.29, 1.82) is 0 Å². The molecule has 28 heavy (non-hydrogen) atoms. The minimum absolute atomic E-state index is 0.00737. The van der Waals surface area contributed by atoms with Gasteiger partial charge in [0.2, 0.25) is 0 Å². The van der Waals surface area contributed by atoms with Gasteiger partial charge in [-0.2, -0.15) is 0 Å². The molecule has 0 saturated carbocycles. The lowest BCUT2D eigenvalue weighted by Crippen LogP contribution is -2.25. The molecule has 0 radical (unpaired) electrons. The van der Waals surface area contributed by atoms with E-state index in [1.807, 2.05) is 41.8 Å². The quantitative estimate of drug-likeness (QED) is 0.510. The zero-order valence-corrected chi connectivity index (χ0v) is 16.0. The lowest BCUT2D eigenvalue weighted by molar-refractivity contribution is -0.118. The van der Waals surface area contributed by atoms with Gasteiger partial charge in [0.05, 0.1) is 11.4 Å². The third-order valence-corrected chi connectivity index (χ3v) is 5.30. The monoisotopic (exact) mass is 394 g/mol. The molecule has 1 amide bonds. The maximum atomic E-state index is 12.6. The predicted octanol–water partition coefficient (Wildman–Crippen LogP) is 3.27. The first-order valence-corrected chi connectivity index (χ1v) is 9.85. The highest BCUT2D eigenvalue weighted by atomic mass is 32.2. The molecule has 0 fully saturated rings. The molecule has 4 rings (SSSR count). The van der Waals surface area contributed by atoms with Gasteiger partial charge in [-0.1, -0.05) is 42.1 Å². The summed E-state index contributed by atoms with van der Waals surface area (Å²) in [4.78, 5) is 24.1. The molecule has 1 aliphatic rings. The number of nitrogens with zero attached hydrogens (tertiary/aromatic N) is 3. The number of rotatable bonds is 6. The molecule has 1 aliphatic heterocycles. The molecule has 0 bridgehead atoms. The standard InChI is InChI=1S/C20H18N4O3S/c1-2-24-19(13-6-4-3-5-7-13)22-23-20(24)28-12-16(25)14-8-9-17-15(10-14)21-18(26)11-27-17/h3-10H,2,11-12H2,1H3,(H,21,26). The van der Waals surface area contributed by atoms with Gasteiger partial charge in [0, 0.05) is 17.7 Å². The van der Waals surface area contributed by atoms with E-state index in [2.05, 4.69) is 15.5 Å². The number of ketones is 1. The summed E-state index contributed by atoms with van der Waals surface area (Å²) in [5.74, 6) is 1.30. The van der Waals surface area contributed by atoms with Crippen LogP contribution in [0.15, 0.2) is 53.7 Å². The van der Waals surface area contributed by atoms with Gasteiger partial charge >= 0.3 is 0 Å². The number of anilines is 1. The van der Waals surface area contributed by atoms with Crippen molar-refractivity contribution >= 4 is 29.1 Å². The van der Waals surface area contributed by atoms with E-state index < -0.39 is 0 Å². The molecule has 0 aliphatic carbocycles. The van der Waals surface area contributed by atoms with Crippen LogP contribution in [0.1, 0.15) is 17.3 Å². The van der Waals surface area contributed by atoms with Crippen LogP contribution in [0.2, 0.25) is 0 Å². The first-order chi connectivity index (χ1) is 13.7. The Kier molecular flexibility index (Phi) is 5.12. The molecule has 0 saturated heterocycles. The zero-order chi connectivity index (χ0) is 19.5. The average Bonchev–Trinajstić information content (AvgIpc) is 3.15. The molecule has 2 heterocycles. The first-order valence-electron chi connectivity index (χ1n) is 8.87. The summed E-state index contributed by atoms with van der Waals surface area (Å²) >= 11 is 1.35. The minimum atomic E-state index is -0.226. The number of Topliss-reactive ketones (excluding diaryl/α,β-unsaturated/α-hetero) is 1. The molecule has 1 N–H and O–H groups in total. The molecular weight excluding hydrogens is 376 g/mol. The Bertz CT molecular complexity index is 1030. The number of carbonyl (C=O) groups is 2. The smallest absolute Gasteiger partial charge is 0.262 e. The second-order valence-corrected chi connectivity index (χ2v) is 7.12. The van der Waals surface area contributed by atoms with Crippen molar-refractivity contribution in [3.63, 3.8) is 0 Å². The van der Waals surface area contributed by atoms with E-state index in [1.165, 1.54) is 11.8 Å². The predicted molar refractivity (Wildman–Crippen MR) is 107 cm³/mol. The van der Waals surface area contributed by atoms with Crippen molar-refractivity contribution < 1.29 is 14.3 Å². The van der Waals surface area contributed by atoms with Gasteiger partial charge in [-0.25, -0.2) is 0 Å². The highest BCUT2D eigenvalue weighted by Gasteiger charge is 2.19. The number of hydrogen-bond donors (Lipinski definition) is 1. The van der Waals surface area contributed by atoms with Gasteiger partial charge in [0.25, 0.3) is 5.91 Å². The number of benzene rings is 2. The average molecular weight is 394 g/mol. The Hall–Kier alpha value is -3.13. The van der Waals surface area contributed by atoms with Crippen LogP contribution in [0, 0.1) is 0 Å². The number of amides is 1. The summed E-state index contributed by atoms with van der Waals surface area (Å²) in [6.45, 7) is 2.72. The summed E-state index contributed by atoms with van der Waals surface area (Å²) < 4.78 is 7.32. The molecule has 1 aromatic heterocycles. The number of thioether (sulfide) groups is 1.